The highest BCUT2D eigenvalue weighted by Gasteiger charge is 2.50. The van der Waals surface area contributed by atoms with E-state index in [0.717, 1.165) is 36.5 Å². The molecule has 21 heavy (non-hydrogen) atoms. The molecule has 0 amide bonds. The molecular weight excluding hydrogens is 264 g/mol. The van der Waals surface area contributed by atoms with E-state index in [1.54, 1.807) is 0 Å². The normalized spacial score (nSPS) is 40.6. The van der Waals surface area contributed by atoms with Gasteiger partial charge in [0.25, 0.3) is 0 Å². The molecule has 4 heteroatoms. The molecule has 2 aliphatic rings. The van der Waals surface area contributed by atoms with Crippen molar-refractivity contribution in [3.8, 4) is 0 Å². The van der Waals surface area contributed by atoms with Crippen LogP contribution in [0.25, 0.3) is 0 Å². The lowest BCUT2D eigenvalue weighted by Gasteiger charge is -2.57. The highest BCUT2D eigenvalue weighted by atomic mass is 16.4. The largest absolute Gasteiger partial charge is 0.481 e. The number of piperidine rings is 1. The maximum absolute atomic E-state index is 11.1. The maximum Gasteiger partial charge on any atom is 0.303 e. The second kappa shape index (κ2) is 5.88. The Labute approximate surface area is 129 Å². The Morgan fingerprint density at radius 2 is 1.86 bits per heavy atom. The number of quaternary nitrogens is 1. The van der Waals surface area contributed by atoms with Gasteiger partial charge in [0.2, 0.25) is 0 Å². The summed E-state index contributed by atoms with van der Waals surface area (Å²) in [5, 5.41) is 9.16. The molecule has 0 radical (unpaired) electrons. The van der Waals surface area contributed by atoms with Crippen molar-refractivity contribution in [1.82, 2.24) is 0 Å². The van der Waals surface area contributed by atoms with E-state index in [9.17, 15) is 4.79 Å². The van der Waals surface area contributed by atoms with Crippen molar-refractivity contribution in [2.75, 3.05) is 19.6 Å². The van der Waals surface area contributed by atoms with Crippen molar-refractivity contribution in [2.24, 2.45) is 23.0 Å². The molecule has 3 N–H and O–H groups in total. The van der Waals surface area contributed by atoms with E-state index in [2.05, 4.69) is 27.7 Å². The molecule has 2 rings (SSSR count). The molecule has 0 aromatic heterocycles. The second-order valence-corrected chi connectivity index (χ2v) is 8.99. The summed E-state index contributed by atoms with van der Waals surface area (Å²) in [4.78, 5) is 11.1. The molecule has 0 bridgehead atoms. The molecule has 1 heterocycles. The van der Waals surface area contributed by atoms with Crippen molar-refractivity contribution in [2.45, 2.75) is 65.5 Å². The molecule has 1 saturated carbocycles. The number of nitrogens with two attached hydrogens (primary N) is 1. The molecule has 0 aromatic carbocycles. The summed E-state index contributed by atoms with van der Waals surface area (Å²) in [6.45, 7) is 12.4. The third-order valence-corrected chi connectivity index (χ3v) is 5.23. The van der Waals surface area contributed by atoms with Crippen molar-refractivity contribution in [3.05, 3.63) is 0 Å². The van der Waals surface area contributed by atoms with Gasteiger partial charge in [-0.15, -0.1) is 0 Å². The monoisotopic (exact) mass is 297 g/mol. The first-order chi connectivity index (χ1) is 9.59. The lowest BCUT2D eigenvalue weighted by molar-refractivity contribution is -0.970. The Bertz CT molecular complexity index is 385. The molecule has 4 nitrogen and oxygen atoms in total. The van der Waals surface area contributed by atoms with Crippen LogP contribution in [0.15, 0.2) is 0 Å². The minimum atomic E-state index is -0.676. The fourth-order valence-electron chi connectivity index (χ4n) is 4.84. The highest BCUT2D eigenvalue weighted by molar-refractivity contribution is 5.67. The van der Waals surface area contributed by atoms with Crippen LogP contribution in [0.5, 0.6) is 0 Å². The fraction of sp³-hybridized carbons (Fsp3) is 0.941. The summed E-state index contributed by atoms with van der Waals surface area (Å²) in [5.41, 5.74) is 6.59. The Morgan fingerprint density at radius 3 is 2.33 bits per heavy atom. The Balaban J connectivity index is 2.18. The zero-order chi connectivity index (χ0) is 15.8. The molecule has 3 unspecified atom stereocenters. The molecule has 1 saturated heterocycles. The maximum atomic E-state index is 11.1. The van der Waals surface area contributed by atoms with Crippen LogP contribution in [0.2, 0.25) is 0 Å². The van der Waals surface area contributed by atoms with Gasteiger partial charge in [-0.25, -0.2) is 0 Å². The summed E-state index contributed by atoms with van der Waals surface area (Å²) < 4.78 is 1.06. The van der Waals surface area contributed by atoms with E-state index in [0.29, 0.717) is 6.04 Å². The van der Waals surface area contributed by atoms with E-state index in [1.807, 2.05) is 0 Å². The molecule has 1 aliphatic heterocycles. The summed E-state index contributed by atoms with van der Waals surface area (Å²) in [5.74, 6) is 0.385. The first-order valence-electron chi connectivity index (χ1n) is 8.43. The van der Waals surface area contributed by atoms with Crippen LogP contribution in [0, 0.1) is 17.3 Å². The molecule has 3 atom stereocenters. The Kier molecular flexibility index (Phi) is 4.69. The average Bonchev–Trinajstić information content (AvgIpc) is 2.19. The standard InChI is InChI=1S/C17H32N2O2/c1-12-5-15(6-12)19(11-17(2,3)4)9-13(8-16(20)21)7-14(18)10-19/h12-15H,5-11,18H2,1-4H3/p+1. The summed E-state index contributed by atoms with van der Waals surface area (Å²) in [7, 11) is 0. The molecular formula is C17H33N2O2+. The van der Waals surface area contributed by atoms with E-state index in [4.69, 9.17) is 10.8 Å². The van der Waals surface area contributed by atoms with Gasteiger partial charge in [-0.3, -0.25) is 4.79 Å². The summed E-state index contributed by atoms with van der Waals surface area (Å²) in [6, 6.07) is 0.850. The van der Waals surface area contributed by atoms with Crippen LogP contribution in [0.3, 0.4) is 0 Å². The van der Waals surface area contributed by atoms with E-state index >= 15 is 0 Å². The van der Waals surface area contributed by atoms with Crippen LogP contribution >= 0.6 is 0 Å². The number of carbonyl (C=O) groups is 1. The lowest BCUT2D eigenvalue weighted by atomic mass is 9.75. The van der Waals surface area contributed by atoms with Gasteiger partial charge in [0, 0.05) is 24.2 Å². The first-order valence-corrected chi connectivity index (χ1v) is 8.43. The van der Waals surface area contributed by atoms with Gasteiger partial charge in [-0.2, -0.15) is 0 Å². The zero-order valence-electron chi connectivity index (χ0n) is 14.1. The van der Waals surface area contributed by atoms with Crippen molar-refractivity contribution >= 4 is 5.97 Å². The quantitative estimate of drug-likeness (QED) is 0.784. The van der Waals surface area contributed by atoms with E-state index in [1.165, 1.54) is 12.8 Å². The fourth-order valence-corrected chi connectivity index (χ4v) is 4.84. The van der Waals surface area contributed by atoms with Gasteiger partial charge in [0.05, 0.1) is 38.1 Å². The van der Waals surface area contributed by atoms with E-state index < -0.39 is 5.97 Å². The van der Waals surface area contributed by atoms with Crippen LogP contribution in [0.1, 0.15) is 53.4 Å². The van der Waals surface area contributed by atoms with Crippen LogP contribution in [-0.2, 0) is 4.79 Å². The minimum Gasteiger partial charge on any atom is -0.481 e. The minimum absolute atomic E-state index is 0.154. The predicted molar refractivity (Wildman–Crippen MR) is 84.8 cm³/mol. The Morgan fingerprint density at radius 1 is 1.24 bits per heavy atom. The van der Waals surface area contributed by atoms with Gasteiger partial charge in [0.1, 0.15) is 0 Å². The van der Waals surface area contributed by atoms with Gasteiger partial charge >= 0.3 is 5.97 Å². The number of rotatable bonds is 4. The third-order valence-electron chi connectivity index (χ3n) is 5.23. The van der Waals surface area contributed by atoms with Gasteiger partial charge < -0.3 is 15.3 Å². The van der Waals surface area contributed by atoms with Gasteiger partial charge in [-0.05, 0) is 12.3 Å². The topological polar surface area (TPSA) is 63.3 Å². The van der Waals surface area contributed by atoms with Crippen molar-refractivity contribution in [1.29, 1.82) is 0 Å². The number of carboxylic acid groups (broad SMARTS) is 1. The predicted octanol–water partition coefficient (Wildman–Crippen LogP) is 2.47. The van der Waals surface area contributed by atoms with Crippen LogP contribution in [-0.4, -0.2) is 47.3 Å². The summed E-state index contributed by atoms with van der Waals surface area (Å²) in [6.07, 6.45) is 3.71. The molecule has 0 aromatic rings. The second-order valence-electron chi connectivity index (χ2n) is 8.99. The lowest BCUT2D eigenvalue weighted by Crippen LogP contribution is -2.69. The number of carboxylic acids is 1. The SMILES string of the molecule is CC1CC([N+]2(CC(C)(C)C)CC(N)CC(CC(=O)O)C2)C1. The molecule has 0 spiro atoms. The van der Waals surface area contributed by atoms with Gasteiger partial charge in [-0.1, -0.05) is 27.7 Å². The van der Waals surface area contributed by atoms with Crippen LogP contribution in [0.4, 0.5) is 0 Å². The average molecular weight is 297 g/mol. The zero-order valence-corrected chi connectivity index (χ0v) is 14.1. The van der Waals surface area contributed by atoms with Gasteiger partial charge in [0.15, 0.2) is 0 Å². The van der Waals surface area contributed by atoms with Crippen molar-refractivity contribution < 1.29 is 14.4 Å². The smallest absolute Gasteiger partial charge is 0.303 e. The summed E-state index contributed by atoms with van der Waals surface area (Å²) >= 11 is 0. The molecule has 1 aliphatic carbocycles. The number of nitrogens with zero attached hydrogens (tertiary/aromatic N) is 1. The van der Waals surface area contributed by atoms with E-state index in [-0.39, 0.29) is 23.8 Å². The number of hydrogen-bond acceptors (Lipinski definition) is 2. The number of hydrogen-bond donors (Lipinski definition) is 2. The molecule has 122 valence electrons. The molecule has 2 fully saturated rings. The number of aliphatic carboxylic acids is 1. The van der Waals surface area contributed by atoms with Crippen LogP contribution < -0.4 is 5.73 Å². The number of likely N-dealkylation sites (tertiary alicyclic amines) is 1. The third kappa shape index (κ3) is 4.19. The van der Waals surface area contributed by atoms with Crippen molar-refractivity contribution in [3.63, 3.8) is 0 Å². The first kappa shape index (κ1) is 16.8. The highest BCUT2D eigenvalue weighted by Crippen LogP contribution is 2.42. The Hall–Kier alpha value is -0.610.